The van der Waals surface area contributed by atoms with Crippen LogP contribution in [0.1, 0.15) is 49.4 Å². The number of rotatable bonds is 9. The summed E-state index contributed by atoms with van der Waals surface area (Å²) in [6.45, 7) is 11.9. The molecule has 31 heavy (non-hydrogen) atoms. The number of nitrogens with one attached hydrogen (secondary N) is 1. The fraction of sp³-hybridized carbons (Fsp3) is 0.440. The Morgan fingerprint density at radius 1 is 1.06 bits per heavy atom. The third kappa shape index (κ3) is 7.10. The van der Waals surface area contributed by atoms with E-state index >= 15 is 0 Å². The zero-order chi connectivity index (χ0) is 23.1. The van der Waals surface area contributed by atoms with Crippen molar-refractivity contribution in [1.29, 1.82) is 0 Å². The molecule has 0 saturated heterocycles. The van der Waals surface area contributed by atoms with Crippen LogP contribution in [-0.2, 0) is 16.1 Å². The quantitative estimate of drug-likeness (QED) is 0.534. The Morgan fingerprint density at radius 3 is 2.19 bits per heavy atom. The molecule has 0 aliphatic rings. The molecule has 0 unspecified atom stereocenters. The second-order valence-electron chi connectivity index (χ2n) is 8.16. The Kier molecular flexibility index (Phi) is 9.11. The number of aryl methyl sites for hydroxylation is 3. The molecule has 0 radical (unpaired) electrons. The van der Waals surface area contributed by atoms with Crippen LogP contribution < -0.4 is 10.1 Å². The number of amides is 2. The summed E-state index contributed by atoms with van der Waals surface area (Å²) in [6.07, 6.45) is 0.829. The van der Waals surface area contributed by atoms with Crippen molar-refractivity contribution in [2.45, 2.75) is 66.6 Å². The average Bonchev–Trinajstić information content (AvgIpc) is 2.74. The van der Waals surface area contributed by atoms with Crippen molar-refractivity contribution < 1.29 is 14.3 Å². The van der Waals surface area contributed by atoms with Crippen LogP contribution in [-0.4, -0.2) is 35.4 Å². The number of hydrogen-bond donors (Lipinski definition) is 1. The molecule has 0 heterocycles. The van der Waals surface area contributed by atoms with Crippen LogP contribution in [0, 0.1) is 20.8 Å². The number of carbonyl (C=O) groups is 2. The highest BCUT2D eigenvalue weighted by Crippen LogP contribution is 2.26. The summed E-state index contributed by atoms with van der Waals surface area (Å²) in [5, 5.41) is 2.98. The molecule has 2 aromatic carbocycles. The molecule has 0 saturated carbocycles. The Labute approximate surface area is 194 Å². The SMILES string of the molecule is CC[C@H](C)NC(=O)[C@@H](C)N(Cc1ccc(C)cc1)C(=O)COc1cc(C)c(Br)c(C)c1. The molecule has 5 nitrogen and oxygen atoms in total. The molecule has 0 aliphatic carbocycles. The molecular weight excluding hydrogens is 456 g/mol. The van der Waals surface area contributed by atoms with Gasteiger partial charge in [-0.1, -0.05) is 52.7 Å². The van der Waals surface area contributed by atoms with Crippen LogP contribution >= 0.6 is 15.9 Å². The van der Waals surface area contributed by atoms with Gasteiger partial charge in [-0.05, 0) is 69.9 Å². The number of carbonyl (C=O) groups excluding carboxylic acids is 2. The van der Waals surface area contributed by atoms with Gasteiger partial charge < -0.3 is 15.0 Å². The van der Waals surface area contributed by atoms with E-state index in [1.54, 1.807) is 11.8 Å². The molecule has 2 aromatic rings. The molecule has 0 aliphatic heterocycles. The molecule has 168 valence electrons. The van der Waals surface area contributed by atoms with E-state index in [-0.39, 0.29) is 24.5 Å². The third-order valence-electron chi connectivity index (χ3n) is 5.41. The van der Waals surface area contributed by atoms with Crippen molar-refractivity contribution >= 4 is 27.7 Å². The maximum Gasteiger partial charge on any atom is 0.261 e. The zero-order valence-corrected chi connectivity index (χ0v) is 20.9. The van der Waals surface area contributed by atoms with Gasteiger partial charge in [0.05, 0.1) is 0 Å². The van der Waals surface area contributed by atoms with Crippen molar-refractivity contribution in [1.82, 2.24) is 10.2 Å². The lowest BCUT2D eigenvalue weighted by Gasteiger charge is -2.29. The maximum absolute atomic E-state index is 13.1. The van der Waals surface area contributed by atoms with E-state index in [0.29, 0.717) is 12.3 Å². The molecule has 0 spiro atoms. The van der Waals surface area contributed by atoms with Gasteiger partial charge in [0.15, 0.2) is 6.61 Å². The fourth-order valence-corrected chi connectivity index (χ4v) is 3.38. The summed E-state index contributed by atoms with van der Waals surface area (Å²) in [7, 11) is 0. The number of benzene rings is 2. The third-order valence-corrected chi connectivity index (χ3v) is 6.66. The van der Waals surface area contributed by atoms with E-state index in [1.807, 2.05) is 71.0 Å². The lowest BCUT2D eigenvalue weighted by molar-refractivity contribution is -0.142. The standard InChI is InChI=1S/C25H33BrN2O3/c1-7-19(5)27-25(30)20(6)28(14-21-10-8-16(2)9-11-21)23(29)15-31-22-12-17(3)24(26)18(4)13-22/h8-13,19-20H,7,14-15H2,1-6H3,(H,27,30)/t19-,20+/m0/s1. The Balaban J connectivity index is 2.18. The molecule has 0 aromatic heterocycles. The summed E-state index contributed by atoms with van der Waals surface area (Å²) < 4.78 is 6.84. The van der Waals surface area contributed by atoms with Gasteiger partial charge in [-0.15, -0.1) is 0 Å². The van der Waals surface area contributed by atoms with Crippen LogP contribution in [0.25, 0.3) is 0 Å². The van der Waals surface area contributed by atoms with Crippen LogP contribution in [0.4, 0.5) is 0 Å². The van der Waals surface area contributed by atoms with Crippen LogP contribution in [0.3, 0.4) is 0 Å². The topological polar surface area (TPSA) is 58.6 Å². The molecule has 1 N–H and O–H groups in total. The first kappa shape index (κ1) is 24.9. The van der Waals surface area contributed by atoms with Gasteiger partial charge >= 0.3 is 0 Å². The van der Waals surface area contributed by atoms with Crippen molar-refractivity contribution in [3.63, 3.8) is 0 Å². The lowest BCUT2D eigenvalue weighted by atomic mass is 10.1. The summed E-state index contributed by atoms with van der Waals surface area (Å²) in [6, 6.07) is 11.2. The molecule has 2 rings (SSSR count). The van der Waals surface area contributed by atoms with E-state index in [2.05, 4.69) is 21.2 Å². The predicted octanol–water partition coefficient (Wildman–Crippen LogP) is 5.09. The molecule has 0 fully saturated rings. The smallest absolute Gasteiger partial charge is 0.261 e. The predicted molar refractivity (Wildman–Crippen MR) is 128 cm³/mol. The van der Waals surface area contributed by atoms with Crippen molar-refractivity contribution in [3.8, 4) is 5.75 Å². The zero-order valence-electron chi connectivity index (χ0n) is 19.3. The second kappa shape index (κ2) is 11.3. The average molecular weight is 489 g/mol. The second-order valence-corrected chi connectivity index (χ2v) is 8.95. The highest BCUT2D eigenvalue weighted by molar-refractivity contribution is 9.10. The minimum atomic E-state index is -0.611. The molecule has 2 atom stereocenters. The number of nitrogens with zero attached hydrogens (tertiary/aromatic N) is 1. The minimum Gasteiger partial charge on any atom is -0.484 e. The first-order valence-electron chi connectivity index (χ1n) is 10.7. The highest BCUT2D eigenvalue weighted by Gasteiger charge is 2.27. The number of halogens is 1. The molecule has 0 bridgehead atoms. The van der Waals surface area contributed by atoms with E-state index in [9.17, 15) is 9.59 Å². The van der Waals surface area contributed by atoms with Crippen molar-refractivity contribution in [2.75, 3.05) is 6.61 Å². The molecule has 6 heteroatoms. The molecular formula is C25H33BrN2O3. The Morgan fingerprint density at radius 2 is 1.65 bits per heavy atom. The van der Waals surface area contributed by atoms with E-state index in [4.69, 9.17) is 4.74 Å². The monoisotopic (exact) mass is 488 g/mol. The summed E-state index contributed by atoms with van der Waals surface area (Å²) in [5.41, 5.74) is 4.20. The summed E-state index contributed by atoms with van der Waals surface area (Å²) in [4.78, 5) is 27.5. The normalized spacial score (nSPS) is 12.7. The van der Waals surface area contributed by atoms with Gasteiger partial charge in [-0.25, -0.2) is 0 Å². The Hall–Kier alpha value is -2.34. The summed E-state index contributed by atoms with van der Waals surface area (Å²) >= 11 is 3.54. The highest BCUT2D eigenvalue weighted by atomic mass is 79.9. The van der Waals surface area contributed by atoms with Gasteiger partial charge in [-0.3, -0.25) is 9.59 Å². The lowest BCUT2D eigenvalue weighted by Crippen LogP contribution is -2.50. The largest absolute Gasteiger partial charge is 0.484 e. The van der Waals surface area contributed by atoms with Crippen molar-refractivity contribution in [2.24, 2.45) is 0 Å². The molecule has 2 amide bonds. The van der Waals surface area contributed by atoms with Gasteiger partial charge in [0, 0.05) is 17.1 Å². The number of ether oxygens (including phenoxy) is 1. The van der Waals surface area contributed by atoms with Crippen LogP contribution in [0.15, 0.2) is 40.9 Å². The Bertz CT molecular complexity index is 888. The van der Waals surface area contributed by atoms with Gasteiger partial charge in [0.1, 0.15) is 11.8 Å². The van der Waals surface area contributed by atoms with Gasteiger partial charge in [0.2, 0.25) is 5.91 Å². The maximum atomic E-state index is 13.1. The minimum absolute atomic E-state index is 0.0521. The van der Waals surface area contributed by atoms with Crippen molar-refractivity contribution in [3.05, 3.63) is 63.1 Å². The van der Waals surface area contributed by atoms with E-state index < -0.39 is 6.04 Å². The fourth-order valence-electron chi connectivity index (χ4n) is 3.16. The first-order valence-corrected chi connectivity index (χ1v) is 11.5. The van der Waals surface area contributed by atoms with Crippen LogP contribution in [0.5, 0.6) is 5.75 Å². The first-order chi connectivity index (χ1) is 14.6. The number of hydrogen-bond acceptors (Lipinski definition) is 3. The van der Waals surface area contributed by atoms with Crippen LogP contribution in [0.2, 0.25) is 0 Å². The van der Waals surface area contributed by atoms with Gasteiger partial charge in [-0.2, -0.15) is 0 Å². The van der Waals surface area contributed by atoms with Gasteiger partial charge in [0.25, 0.3) is 5.91 Å². The van der Waals surface area contributed by atoms with E-state index in [1.165, 1.54) is 0 Å². The summed E-state index contributed by atoms with van der Waals surface area (Å²) in [5.74, 6) is 0.245. The van der Waals surface area contributed by atoms with E-state index in [0.717, 1.165) is 33.1 Å².